The Balaban J connectivity index is 1.55. The lowest BCUT2D eigenvalue weighted by atomic mass is 9.74. The molecule has 2 nitrogen and oxygen atoms in total. The Kier molecular flexibility index (Phi) is 3.88. The smallest absolute Gasteiger partial charge is 0.0407 e. The van der Waals surface area contributed by atoms with Gasteiger partial charge in [-0.25, -0.2) is 0 Å². The molecule has 1 aliphatic heterocycles. The number of hydrogen-bond acceptors (Lipinski definition) is 2. The molecule has 1 saturated heterocycles. The van der Waals surface area contributed by atoms with Gasteiger partial charge in [-0.1, -0.05) is 18.9 Å². The zero-order chi connectivity index (χ0) is 13.1. The Morgan fingerprint density at radius 1 is 1.26 bits per heavy atom. The summed E-state index contributed by atoms with van der Waals surface area (Å²) in [6.45, 7) is 3.31. The van der Waals surface area contributed by atoms with Gasteiger partial charge in [0.05, 0.1) is 0 Å². The summed E-state index contributed by atoms with van der Waals surface area (Å²) >= 11 is 0. The van der Waals surface area contributed by atoms with E-state index >= 15 is 0 Å². The van der Waals surface area contributed by atoms with Crippen LogP contribution in [0.15, 0.2) is 18.2 Å². The molecule has 2 heterocycles. The quantitative estimate of drug-likeness (QED) is 0.895. The zero-order valence-electron chi connectivity index (χ0n) is 12.1. The second-order valence-electron chi connectivity index (χ2n) is 6.62. The first-order chi connectivity index (χ1) is 9.26. The molecule has 1 N–H and O–H groups in total. The average Bonchev–Trinajstić information content (AvgIpc) is 2.85. The van der Waals surface area contributed by atoms with Crippen molar-refractivity contribution in [3.8, 4) is 0 Å². The normalized spacial score (nSPS) is 25.8. The number of aromatic nitrogens is 1. The molecule has 3 rings (SSSR count). The van der Waals surface area contributed by atoms with Gasteiger partial charge in [-0.2, -0.15) is 0 Å². The van der Waals surface area contributed by atoms with E-state index < -0.39 is 0 Å². The van der Waals surface area contributed by atoms with E-state index in [1.54, 1.807) is 0 Å². The molecule has 2 heteroatoms. The van der Waals surface area contributed by atoms with Crippen LogP contribution >= 0.6 is 0 Å². The van der Waals surface area contributed by atoms with Crippen LogP contribution in [0, 0.1) is 12.3 Å². The summed E-state index contributed by atoms with van der Waals surface area (Å²) in [5, 5.41) is 3.73. The maximum atomic E-state index is 4.62. The largest absolute Gasteiger partial charge is 0.314 e. The van der Waals surface area contributed by atoms with Gasteiger partial charge in [0.15, 0.2) is 0 Å². The zero-order valence-corrected chi connectivity index (χ0v) is 12.1. The molecule has 1 saturated carbocycles. The molecule has 1 spiro atoms. The third kappa shape index (κ3) is 3.17. The summed E-state index contributed by atoms with van der Waals surface area (Å²) in [5.41, 5.74) is 3.10. The van der Waals surface area contributed by atoms with Crippen molar-refractivity contribution in [1.29, 1.82) is 0 Å². The summed E-state index contributed by atoms with van der Waals surface area (Å²) in [7, 11) is 0. The van der Waals surface area contributed by atoms with Gasteiger partial charge >= 0.3 is 0 Å². The number of nitrogens with one attached hydrogen (secondary N) is 1. The molecule has 1 unspecified atom stereocenters. The first-order valence-corrected chi connectivity index (χ1v) is 7.92. The van der Waals surface area contributed by atoms with Crippen molar-refractivity contribution < 1.29 is 0 Å². The molecule has 0 radical (unpaired) electrons. The Morgan fingerprint density at radius 2 is 2.11 bits per heavy atom. The van der Waals surface area contributed by atoms with Gasteiger partial charge in [0.25, 0.3) is 0 Å². The Hall–Kier alpha value is -0.890. The van der Waals surface area contributed by atoms with Crippen molar-refractivity contribution in [3.05, 3.63) is 29.6 Å². The Labute approximate surface area is 117 Å². The van der Waals surface area contributed by atoms with Crippen molar-refractivity contribution in [1.82, 2.24) is 10.3 Å². The van der Waals surface area contributed by atoms with E-state index in [9.17, 15) is 0 Å². The number of pyridine rings is 1. The van der Waals surface area contributed by atoms with Gasteiger partial charge < -0.3 is 5.32 Å². The fourth-order valence-electron chi connectivity index (χ4n) is 4.08. The number of hydrogen-bond donors (Lipinski definition) is 1. The molecule has 0 bridgehead atoms. The minimum absolute atomic E-state index is 0.704. The van der Waals surface area contributed by atoms with Gasteiger partial charge in [-0.15, -0.1) is 0 Å². The molecule has 1 aliphatic carbocycles. The summed E-state index contributed by atoms with van der Waals surface area (Å²) in [4.78, 5) is 4.62. The third-order valence-electron chi connectivity index (χ3n) is 5.13. The predicted molar refractivity (Wildman–Crippen MR) is 79.2 cm³/mol. The van der Waals surface area contributed by atoms with Crippen molar-refractivity contribution in [2.45, 2.75) is 64.3 Å². The van der Waals surface area contributed by atoms with Crippen molar-refractivity contribution in [3.63, 3.8) is 0 Å². The predicted octanol–water partition coefficient (Wildman–Crippen LogP) is 3.64. The van der Waals surface area contributed by atoms with Crippen LogP contribution in [0.4, 0.5) is 0 Å². The average molecular weight is 258 g/mol. The van der Waals surface area contributed by atoms with Crippen LogP contribution in [0.3, 0.4) is 0 Å². The standard InChI is InChI=1S/C17H26N2/c1-14-5-4-6-15(19-14)7-8-16-13-17(11-12-18-16)9-2-3-10-17/h4-6,16,18H,2-3,7-13H2,1H3. The van der Waals surface area contributed by atoms with Crippen LogP contribution in [-0.2, 0) is 6.42 Å². The van der Waals surface area contributed by atoms with Crippen LogP contribution < -0.4 is 5.32 Å². The van der Waals surface area contributed by atoms with Gasteiger partial charge in [0.1, 0.15) is 0 Å². The number of rotatable bonds is 3. The minimum atomic E-state index is 0.704. The number of nitrogens with zero attached hydrogens (tertiary/aromatic N) is 1. The summed E-state index contributed by atoms with van der Waals surface area (Å²) in [6.07, 6.45) is 11.1. The summed E-state index contributed by atoms with van der Waals surface area (Å²) in [6, 6.07) is 7.09. The molecule has 19 heavy (non-hydrogen) atoms. The van der Waals surface area contributed by atoms with Crippen LogP contribution in [0.1, 0.15) is 56.3 Å². The van der Waals surface area contributed by atoms with E-state index in [1.807, 2.05) is 0 Å². The second kappa shape index (κ2) is 5.62. The maximum absolute atomic E-state index is 4.62. The molecule has 0 amide bonds. The summed E-state index contributed by atoms with van der Waals surface area (Å²) in [5.74, 6) is 0. The highest BCUT2D eigenvalue weighted by Gasteiger charge is 2.38. The lowest BCUT2D eigenvalue weighted by Gasteiger charge is -2.39. The van der Waals surface area contributed by atoms with E-state index in [4.69, 9.17) is 0 Å². The second-order valence-corrected chi connectivity index (χ2v) is 6.62. The molecule has 1 atom stereocenters. The molecule has 1 aromatic heterocycles. The lowest BCUT2D eigenvalue weighted by Crippen LogP contribution is -2.43. The van der Waals surface area contributed by atoms with Gasteiger partial charge in [-0.3, -0.25) is 4.98 Å². The van der Waals surface area contributed by atoms with Crippen LogP contribution in [0.25, 0.3) is 0 Å². The van der Waals surface area contributed by atoms with Crippen molar-refractivity contribution >= 4 is 0 Å². The van der Waals surface area contributed by atoms with Gasteiger partial charge in [-0.05, 0) is 69.5 Å². The fourth-order valence-corrected chi connectivity index (χ4v) is 4.08. The Morgan fingerprint density at radius 3 is 2.89 bits per heavy atom. The lowest BCUT2D eigenvalue weighted by molar-refractivity contribution is 0.165. The van der Waals surface area contributed by atoms with E-state index in [-0.39, 0.29) is 0 Å². The van der Waals surface area contributed by atoms with E-state index in [1.165, 1.54) is 57.2 Å². The van der Waals surface area contributed by atoms with Gasteiger partial charge in [0, 0.05) is 17.4 Å². The molecular formula is C17H26N2. The number of piperidine rings is 1. The Bertz CT molecular complexity index is 421. The molecule has 104 valence electrons. The first-order valence-electron chi connectivity index (χ1n) is 7.92. The number of aryl methyl sites for hydroxylation is 2. The highest BCUT2D eigenvalue weighted by atomic mass is 14.9. The maximum Gasteiger partial charge on any atom is 0.0407 e. The third-order valence-corrected chi connectivity index (χ3v) is 5.13. The van der Waals surface area contributed by atoms with E-state index in [0.29, 0.717) is 11.5 Å². The summed E-state index contributed by atoms with van der Waals surface area (Å²) < 4.78 is 0. The molecule has 2 fully saturated rings. The monoisotopic (exact) mass is 258 g/mol. The van der Waals surface area contributed by atoms with Crippen molar-refractivity contribution in [2.75, 3.05) is 6.54 Å². The highest BCUT2D eigenvalue weighted by Crippen LogP contribution is 2.46. The van der Waals surface area contributed by atoms with Crippen LogP contribution in [0.5, 0.6) is 0 Å². The van der Waals surface area contributed by atoms with E-state index in [2.05, 4.69) is 35.4 Å². The molecule has 2 aliphatic rings. The minimum Gasteiger partial charge on any atom is -0.314 e. The molecule has 1 aromatic rings. The first kappa shape index (κ1) is 13.1. The molecule has 0 aromatic carbocycles. The SMILES string of the molecule is Cc1cccc(CCC2CC3(CCCC3)CCN2)n1. The fraction of sp³-hybridized carbons (Fsp3) is 0.706. The van der Waals surface area contributed by atoms with E-state index in [0.717, 1.165) is 12.1 Å². The molecular weight excluding hydrogens is 232 g/mol. The van der Waals surface area contributed by atoms with Crippen LogP contribution in [0.2, 0.25) is 0 Å². The van der Waals surface area contributed by atoms with Crippen molar-refractivity contribution in [2.24, 2.45) is 5.41 Å². The topological polar surface area (TPSA) is 24.9 Å². The van der Waals surface area contributed by atoms with Gasteiger partial charge in [0.2, 0.25) is 0 Å². The highest BCUT2D eigenvalue weighted by molar-refractivity contribution is 5.10. The van der Waals surface area contributed by atoms with Crippen LogP contribution in [-0.4, -0.2) is 17.6 Å².